The van der Waals surface area contributed by atoms with Gasteiger partial charge in [0.05, 0.1) is 11.1 Å². The van der Waals surface area contributed by atoms with Crippen LogP contribution in [0.25, 0.3) is 0 Å². The van der Waals surface area contributed by atoms with Crippen LogP contribution in [0.2, 0.25) is 0 Å². The van der Waals surface area contributed by atoms with Crippen LogP contribution >= 0.6 is 0 Å². The highest BCUT2D eigenvalue weighted by atomic mass is 19.4. The largest absolute Gasteiger partial charge is 0.416 e. The van der Waals surface area contributed by atoms with Crippen LogP contribution in [0, 0.1) is 0 Å². The van der Waals surface area contributed by atoms with Crippen LogP contribution in [-0.4, -0.2) is 66.9 Å². The molecule has 0 radical (unpaired) electrons. The van der Waals surface area contributed by atoms with Crippen LogP contribution in [0.5, 0.6) is 0 Å². The van der Waals surface area contributed by atoms with Gasteiger partial charge < -0.3 is 25.3 Å². The van der Waals surface area contributed by atoms with Crippen molar-refractivity contribution in [2.24, 2.45) is 0 Å². The highest BCUT2D eigenvalue weighted by Crippen LogP contribution is 2.31. The van der Waals surface area contributed by atoms with E-state index < -0.39 is 17.8 Å². The monoisotopic (exact) mass is 533 g/mol. The van der Waals surface area contributed by atoms with E-state index in [1.165, 1.54) is 12.1 Å². The number of benzene rings is 2. The minimum Gasteiger partial charge on any atom is -0.369 e. The molecule has 0 unspecified atom stereocenters. The quantitative estimate of drug-likeness (QED) is 0.507. The van der Waals surface area contributed by atoms with Gasteiger partial charge >= 0.3 is 12.2 Å². The summed E-state index contributed by atoms with van der Waals surface area (Å²) in [5.41, 5.74) is 0.943. The zero-order chi connectivity index (χ0) is 27.9. The third-order valence-corrected chi connectivity index (χ3v) is 6.45. The highest BCUT2D eigenvalue weighted by molar-refractivity contribution is 6.02. The number of carbonyl (C=O) groups excluding carboxylic acids is 3. The molecule has 0 atom stereocenters. The first-order chi connectivity index (χ1) is 18.1. The SMILES string of the molecule is CCC(=O)Nc1ccc(N2CCCN(C(=O)Nc3cccc(C(F)(F)F)c3)CC2)c(C(=O)N(CC)CC)c1. The number of hydrogen-bond donors (Lipinski definition) is 2. The summed E-state index contributed by atoms with van der Waals surface area (Å²) in [6, 6.07) is 9.30. The van der Waals surface area contributed by atoms with Crippen molar-refractivity contribution < 1.29 is 27.6 Å². The Hall–Kier alpha value is -3.76. The predicted molar refractivity (Wildman–Crippen MR) is 141 cm³/mol. The second-order valence-corrected chi connectivity index (χ2v) is 8.95. The number of hydrogen-bond acceptors (Lipinski definition) is 4. The Kier molecular flexibility index (Phi) is 9.60. The van der Waals surface area contributed by atoms with Crippen molar-refractivity contribution in [1.82, 2.24) is 9.80 Å². The van der Waals surface area contributed by atoms with Gasteiger partial charge in [-0.2, -0.15) is 13.2 Å². The first kappa shape index (κ1) is 28.8. The number of rotatable bonds is 7. The standard InChI is InChI=1S/C27H34F3N5O3/c1-4-24(36)31-21-11-12-23(22(18-21)25(37)33(5-2)6-3)34-13-8-14-35(16-15-34)26(38)32-20-10-7-9-19(17-20)27(28,29)30/h7,9-12,17-18H,4-6,8,13-16H2,1-3H3,(H,31,36)(H,32,38). The van der Waals surface area contributed by atoms with Gasteiger partial charge in [0.2, 0.25) is 5.91 Å². The Morgan fingerprint density at radius 3 is 2.26 bits per heavy atom. The molecular formula is C27H34F3N5O3. The fourth-order valence-corrected chi connectivity index (χ4v) is 4.33. The average molecular weight is 534 g/mol. The Bertz CT molecular complexity index is 1150. The lowest BCUT2D eigenvalue weighted by atomic mass is 10.1. The first-order valence-corrected chi connectivity index (χ1v) is 12.8. The summed E-state index contributed by atoms with van der Waals surface area (Å²) in [6.07, 6.45) is -3.59. The molecule has 8 nitrogen and oxygen atoms in total. The van der Waals surface area contributed by atoms with Crippen LogP contribution in [-0.2, 0) is 11.0 Å². The molecule has 1 aliphatic rings. The molecule has 4 amide bonds. The second-order valence-electron chi connectivity index (χ2n) is 8.95. The zero-order valence-electron chi connectivity index (χ0n) is 21.9. The van der Waals surface area contributed by atoms with E-state index in [1.54, 1.807) is 34.9 Å². The maximum Gasteiger partial charge on any atom is 0.416 e. The highest BCUT2D eigenvalue weighted by Gasteiger charge is 2.31. The minimum absolute atomic E-state index is 0.0720. The molecular weight excluding hydrogens is 499 g/mol. The number of nitrogens with zero attached hydrogens (tertiary/aromatic N) is 3. The van der Waals surface area contributed by atoms with Gasteiger partial charge in [0.1, 0.15) is 0 Å². The third kappa shape index (κ3) is 7.17. The second kappa shape index (κ2) is 12.7. The summed E-state index contributed by atoms with van der Waals surface area (Å²) in [7, 11) is 0. The van der Waals surface area contributed by atoms with Crippen LogP contribution in [0.1, 0.15) is 49.5 Å². The molecule has 0 bridgehead atoms. The maximum atomic E-state index is 13.4. The van der Waals surface area contributed by atoms with Crippen molar-refractivity contribution in [3.05, 3.63) is 53.6 Å². The molecule has 2 aromatic carbocycles. The van der Waals surface area contributed by atoms with E-state index in [2.05, 4.69) is 10.6 Å². The van der Waals surface area contributed by atoms with E-state index >= 15 is 0 Å². The summed E-state index contributed by atoms with van der Waals surface area (Å²) < 4.78 is 39.1. The Labute approximate surface area is 220 Å². The van der Waals surface area contributed by atoms with E-state index in [-0.39, 0.29) is 17.5 Å². The predicted octanol–water partition coefficient (Wildman–Crippen LogP) is 5.28. The fraction of sp³-hybridized carbons (Fsp3) is 0.444. The number of carbonyl (C=O) groups is 3. The van der Waals surface area contributed by atoms with E-state index in [4.69, 9.17) is 0 Å². The zero-order valence-corrected chi connectivity index (χ0v) is 21.9. The number of anilines is 3. The lowest BCUT2D eigenvalue weighted by molar-refractivity contribution is -0.137. The lowest BCUT2D eigenvalue weighted by Crippen LogP contribution is -2.38. The van der Waals surface area contributed by atoms with Crippen LogP contribution in [0.4, 0.5) is 35.0 Å². The summed E-state index contributed by atoms with van der Waals surface area (Å²) in [5, 5.41) is 5.37. The summed E-state index contributed by atoms with van der Waals surface area (Å²) in [6.45, 7) is 8.34. The van der Waals surface area contributed by atoms with Gasteiger partial charge in [0.15, 0.2) is 0 Å². The van der Waals surface area contributed by atoms with Crippen molar-refractivity contribution in [3.8, 4) is 0 Å². The normalized spacial score (nSPS) is 14.1. The van der Waals surface area contributed by atoms with Crippen LogP contribution in [0.3, 0.4) is 0 Å². The lowest BCUT2D eigenvalue weighted by Gasteiger charge is -2.28. The Balaban J connectivity index is 1.78. The van der Waals surface area contributed by atoms with Gasteiger partial charge in [-0.05, 0) is 56.7 Å². The maximum absolute atomic E-state index is 13.4. The number of amides is 4. The smallest absolute Gasteiger partial charge is 0.369 e. The topological polar surface area (TPSA) is 85.0 Å². The molecule has 3 rings (SSSR count). The number of urea groups is 1. The van der Waals surface area contributed by atoms with Crippen molar-refractivity contribution >= 4 is 34.9 Å². The van der Waals surface area contributed by atoms with Crippen molar-refractivity contribution in [3.63, 3.8) is 0 Å². The number of alkyl halides is 3. The van der Waals surface area contributed by atoms with Gasteiger partial charge in [-0.1, -0.05) is 13.0 Å². The van der Waals surface area contributed by atoms with E-state index in [0.29, 0.717) is 69.0 Å². The molecule has 0 saturated carbocycles. The Morgan fingerprint density at radius 1 is 0.895 bits per heavy atom. The molecule has 0 spiro atoms. The fourth-order valence-electron chi connectivity index (χ4n) is 4.33. The number of nitrogens with one attached hydrogen (secondary N) is 2. The molecule has 38 heavy (non-hydrogen) atoms. The van der Waals surface area contributed by atoms with Crippen molar-refractivity contribution in [2.75, 3.05) is 54.8 Å². The van der Waals surface area contributed by atoms with Gasteiger partial charge in [-0.15, -0.1) is 0 Å². The van der Waals surface area contributed by atoms with E-state index in [9.17, 15) is 27.6 Å². The number of halogens is 3. The molecule has 1 aliphatic heterocycles. The molecule has 1 heterocycles. The van der Waals surface area contributed by atoms with Gasteiger partial charge in [0, 0.05) is 62.8 Å². The molecule has 2 aromatic rings. The van der Waals surface area contributed by atoms with Crippen molar-refractivity contribution in [2.45, 2.75) is 39.8 Å². The summed E-state index contributed by atoms with van der Waals surface area (Å²) in [4.78, 5) is 43.4. The van der Waals surface area contributed by atoms with Gasteiger partial charge in [-0.3, -0.25) is 9.59 Å². The summed E-state index contributed by atoms with van der Waals surface area (Å²) >= 11 is 0. The average Bonchev–Trinajstić information content (AvgIpc) is 3.15. The van der Waals surface area contributed by atoms with Crippen molar-refractivity contribution in [1.29, 1.82) is 0 Å². The van der Waals surface area contributed by atoms with Gasteiger partial charge in [0.25, 0.3) is 5.91 Å². The van der Waals surface area contributed by atoms with Crippen LogP contribution in [0.15, 0.2) is 42.5 Å². The molecule has 11 heteroatoms. The molecule has 206 valence electrons. The van der Waals surface area contributed by atoms with E-state index in [0.717, 1.165) is 12.1 Å². The molecule has 1 fully saturated rings. The van der Waals surface area contributed by atoms with Gasteiger partial charge in [-0.25, -0.2) is 4.79 Å². The van der Waals surface area contributed by atoms with Crippen LogP contribution < -0.4 is 15.5 Å². The molecule has 0 aromatic heterocycles. The third-order valence-electron chi connectivity index (χ3n) is 6.45. The molecule has 1 saturated heterocycles. The summed E-state index contributed by atoms with van der Waals surface area (Å²) in [5.74, 6) is -0.308. The molecule has 0 aliphatic carbocycles. The Morgan fingerprint density at radius 2 is 1.61 bits per heavy atom. The first-order valence-electron chi connectivity index (χ1n) is 12.8. The molecule has 2 N–H and O–H groups in total. The van der Waals surface area contributed by atoms with E-state index in [1.807, 2.05) is 18.7 Å². The minimum atomic E-state index is -4.50.